The summed E-state index contributed by atoms with van der Waals surface area (Å²) < 4.78 is 5.25. The number of aromatic nitrogens is 2. The summed E-state index contributed by atoms with van der Waals surface area (Å²) in [5.74, 6) is 0.0762. The van der Waals surface area contributed by atoms with Crippen LogP contribution in [0.1, 0.15) is 31.6 Å². The average molecular weight is 342 g/mol. The molecule has 3 heterocycles. The van der Waals surface area contributed by atoms with Crippen molar-refractivity contribution in [2.75, 3.05) is 6.54 Å². The van der Waals surface area contributed by atoms with E-state index in [2.05, 4.69) is 15.5 Å². The van der Waals surface area contributed by atoms with Gasteiger partial charge in [0.1, 0.15) is 5.54 Å². The van der Waals surface area contributed by atoms with E-state index in [-0.39, 0.29) is 5.92 Å². The van der Waals surface area contributed by atoms with Gasteiger partial charge < -0.3 is 19.8 Å². The molecule has 2 amide bonds. The predicted octanol–water partition coefficient (Wildman–Crippen LogP) is 2.06. The highest BCUT2D eigenvalue weighted by Crippen LogP contribution is 2.50. The normalized spacial score (nSPS) is 25.3. The molecule has 2 bridgehead atoms. The number of rotatable bonds is 4. The monoisotopic (exact) mass is 342 g/mol. The number of amides is 2. The second-order valence-electron chi connectivity index (χ2n) is 6.72. The lowest BCUT2D eigenvalue weighted by molar-refractivity contribution is -0.151. The molecule has 1 atom stereocenters. The van der Waals surface area contributed by atoms with Crippen molar-refractivity contribution in [2.45, 2.75) is 31.3 Å². The maximum atomic E-state index is 12.5. The minimum absolute atomic E-state index is 0.284. The summed E-state index contributed by atoms with van der Waals surface area (Å²) in [5, 5.41) is 16.1. The maximum absolute atomic E-state index is 12.5. The molecule has 8 heteroatoms. The molecule has 3 aliphatic rings. The number of carbonyl (C=O) groups excluding carboxylic acids is 1. The summed E-state index contributed by atoms with van der Waals surface area (Å²) >= 11 is 0. The van der Waals surface area contributed by atoms with Crippen LogP contribution in [0.3, 0.4) is 0 Å². The van der Waals surface area contributed by atoms with E-state index in [4.69, 9.17) is 4.52 Å². The van der Waals surface area contributed by atoms with Crippen molar-refractivity contribution in [2.24, 2.45) is 5.92 Å². The molecular formula is C17H18N4O4. The largest absolute Gasteiger partial charge is 0.479 e. The molecule has 0 spiro atoms. The van der Waals surface area contributed by atoms with Crippen LogP contribution in [-0.2, 0) is 4.79 Å². The summed E-state index contributed by atoms with van der Waals surface area (Å²) in [6.45, 7) is 2.22. The van der Waals surface area contributed by atoms with Gasteiger partial charge in [0.15, 0.2) is 5.82 Å². The Hall–Kier alpha value is -2.90. The molecule has 1 aromatic heterocycles. The number of hydrogen-bond donors (Lipinski definition) is 2. The number of benzene rings is 1. The SMILES string of the molecule is CC(NC(=O)N1CC2CC1(C(=O)O)C2)c1noc(-c2ccccc2)n1. The number of carboxylic acids is 1. The Morgan fingerprint density at radius 3 is 2.76 bits per heavy atom. The van der Waals surface area contributed by atoms with Crippen LogP contribution in [0.2, 0.25) is 0 Å². The molecule has 1 aliphatic carbocycles. The number of carboxylic acid groups (broad SMARTS) is 1. The van der Waals surface area contributed by atoms with Crippen LogP contribution in [0.25, 0.3) is 11.5 Å². The van der Waals surface area contributed by atoms with Gasteiger partial charge in [-0.25, -0.2) is 9.59 Å². The number of carbonyl (C=O) groups is 2. The zero-order valence-corrected chi connectivity index (χ0v) is 13.7. The van der Waals surface area contributed by atoms with Gasteiger partial charge in [-0.15, -0.1) is 0 Å². The summed E-state index contributed by atoms with van der Waals surface area (Å²) in [6, 6.07) is 8.45. The first-order valence-electron chi connectivity index (χ1n) is 8.20. The molecule has 1 unspecified atom stereocenters. The summed E-state index contributed by atoms with van der Waals surface area (Å²) in [7, 11) is 0. The van der Waals surface area contributed by atoms with E-state index in [1.807, 2.05) is 30.3 Å². The molecule has 2 aromatic rings. The lowest BCUT2D eigenvalue weighted by atomic mass is 9.73. The van der Waals surface area contributed by atoms with Crippen molar-refractivity contribution in [3.05, 3.63) is 36.2 Å². The molecule has 0 radical (unpaired) electrons. The lowest BCUT2D eigenvalue weighted by Gasteiger charge is -2.37. The zero-order chi connectivity index (χ0) is 17.6. The number of urea groups is 1. The molecule has 2 saturated heterocycles. The van der Waals surface area contributed by atoms with Crippen LogP contribution in [0, 0.1) is 5.92 Å². The van der Waals surface area contributed by atoms with E-state index in [9.17, 15) is 14.7 Å². The molecule has 2 aliphatic heterocycles. The smallest absolute Gasteiger partial charge is 0.329 e. The van der Waals surface area contributed by atoms with Crippen molar-refractivity contribution in [3.8, 4) is 11.5 Å². The molecule has 25 heavy (non-hydrogen) atoms. The highest BCUT2D eigenvalue weighted by Gasteiger charge is 2.63. The van der Waals surface area contributed by atoms with Gasteiger partial charge in [-0.3, -0.25) is 0 Å². The molecule has 1 saturated carbocycles. The molecule has 5 rings (SSSR count). The number of nitrogens with one attached hydrogen (secondary N) is 1. The Balaban J connectivity index is 1.46. The third-order valence-corrected chi connectivity index (χ3v) is 5.04. The van der Waals surface area contributed by atoms with Gasteiger partial charge in [-0.1, -0.05) is 23.4 Å². The van der Waals surface area contributed by atoms with E-state index in [1.54, 1.807) is 6.92 Å². The third-order valence-electron chi connectivity index (χ3n) is 5.04. The standard InChI is InChI=1S/C17H18N4O4/c1-10(13-19-14(25-20-13)12-5-3-2-4-6-12)18-16(24)21-9-11-7-17(21,8-11)15(22)23/h2-6,10-11H,7-9H2,1H3,(H,18,24)(H,22,23). The summed E-state index contributed by atoms with van der Waals surface area (Å²) in [5.41, 5.74) is -0.244. The minimum Gasteiger partial charge on any atom is -0.479 e. The Morgan fingerprint density at radius 1 is 1.36 bits per heavy atom. The fraction of sp³-hybridized carbons (Fsp3) is 0.412. The van der Waals surface area contributed by atoms with Crippen LogP contribution in [0.15, 0.2) is 34.9 Å². The van der Waals surface area contributed by atoms with Crippen molar-refractivity contribution >= 4 is 12.0 Å². The van der Waals surface area contributed by atoms with Crippen molar-refractivity contribution in [3.63, 3.8) is 0 Å². The number of fused-ring (bicyclic) bond motifs is 1. The second kappa shape index (κ2) is 5.58. The van der Waals surface area contributed by atoms with E-state index in [1.165, 1.54) is 4.90 Å². The fourth-order valence-electron chi connectivity index (χ4n) is 3.68. The first-order valence-corrected chi connectivity index (χ1v) is 8.20. The highest BCUT2D eigenvalue weighted by atomic mass is 16.5. The van der Waals surface area contributed by atoms with Crippen LogP contribution in [0.4, 0.5) is 4.79 Å². The summed E-state index contributed by atoms with van der Waals surface area (Å²) in [4.78, 5) is 29.8. The van der Waals surface area contributed by atoms with Gasteiger partial charge in [0.2, 0.25) is 0 Å². The van der Waals surface area contributed by atoms with Gasteiger partial charge >= 0.3 is 12.0 Å². The quantitative estimate of drug-likeness (QED) is 0.880. The van der Waals surface area contributed by atoms with Gasteiger partial charge in [0, 0.05) is 12.1 Å². The zero-order valence-electron chi connectivity index (χ0n) is 13.7. The van der Waals surface area contributed by atoms with Crippen LogP contribution in [-0.4, -0.2) is 44.2 Å². The van der Waals surface area contributed by atoms with E-state index in [0.29, 0.717) is 31.1 Å². The van der Waals surface area contributed by atoms with Gasteiger partial charge in [-0.2, -0.15) is 4.98 Å². The molecular weight excluding hydrogens is 324 g/mol. The van der Waals surface area contributed by atoms with Crippen LogP contribution >= 0.6 is 0 Å². The van der Waals surface area contributed by atoms with Gasteiger partial charge in [-0.05, 0) is 37.8 Å². The van der Waals surface area contributed by atoms with Gasteiger partial charge in [0.05, 0.1) is 6.04 Å². The third kappa shape index (κ3) is 2.45. The number of hydrogen-bond acceptors (Lipinski definition) is 5. The Labute approximate surface area is 143 Å². The molecule has 130 valence electrons. The lowest BCUT2D eigenvalue weighted by Crippen LogP contribution is -2.57. The molecule has 1 aromatic carbocycles. The fourth-order valence-corrected chi connectivity index (χ4v) is 3.68. The highest BCUT2D eigenvalue weighted by molar-refractivity contribution is 5.89. The van der Waals surface area contributed by atoms with Crippen LogP contribution < -0.4 is 5.32 Å². The Morgan fingerprint density at radius 2 is 2.08 bits per heavy atom. The first kappa shape index (κ1) is 15.6. The predicted molar refractivity (Wildman–Crippen MR) is 86.5 cm³/mol. The molecule has 3 fully saturated rings. The molecule has 2 N–H and O–H groups in total. The van der Waals surface area contributed by atoms with E-state index in [0.717, 1.165) is 5.56 Å². The molecule has 8 nitrogen and oxygen atoms in total. The Bertz CT molecular complexity index is 813. The van der Waals surface area contributed by atoms with Gasteiger partial charge in [0.25, 0.3) is 5.89 Å². The Kier molecular flexibility index (Phi) is 3.48. The topological polar surface area (TPSA) is 109 Å². The van der Waals surface area contributed by atoms with Crippen molar-refractivity contribution < 1.29 is 19.2 Å². The maximum Gasteiger partial charge on any atom is 0.329 e. The first-order chi connectivity index (χ1) is 12.0. The van der Waals surface area contributed by atoms with Crippen molar-refractivity contribution in [1.82, 2.24) is 20.4 Å². The van der Waals surface area contributed by atoms with E-state index < -0.39 is 23.6 Å². The van der Waals surface area contributed by atoms with Crippen LogP contribution in [0.5, 0.6) is 0 Å². The number of nitrogens with zero attached hydrogens (tertiary/aromatic N) is 3. The minimum atomic E-state index is -1.04. The number of aliphatic carboxylic acids is 1. The van der Waals surface area contributed by atoms with E-state index >= 15 is 0 Å². The summed E-state index contributed by atoms with van der Waals surface area (Å²) in [6.07, 6.45) is 1.06. The van der Waals surface area contributed by atoms with Crippen molar-refractivity contribution in [1.29, 1.82) is 0 Å². The average Bonchev–Trinajstić information content (AvgIpc) is 3.28. The second-order valence-corrected chi connectivity index (χ2v) is 6.72.